The molecule has 5 nitrogen and oxygen atoms in total. The highest BCUT2D eigenvalue weighted by molar-refractivity contribution is 6.10. The van der Waals surface area contributed by atoms with Crippen molar-refractivity contribution >= 4 is 32.8 Å². The monoisotopic (exact) mass is 945 g/mol. The average molecular weight is 945 g/mol. The van der Waals surface area contributed by atoms with Crippen molar-refractivity contribution in [2.45, 2.75) is 79.0 Å². The molecule has 0 radical (unpaired) electrons. The van der Waals surface area contributed by atoms with Gasteiger partial charge in [0, 0.05) is 24.4 Å². The minimum Gasteiger partial charge on any atom is -0.458 e. The van der Waals surface area contributed by atoms with E-state index >= 15 is 0 Å². The second-order valence-electron chi connectivity index (χ2n) is 21.2. The van der Waals surface area contributed by atoms with E-state index in [9.17, 15) is 4.11 Å². The van der Waals surface area contributed by atoms with Crippen LogP contribution in [0.1, 0.15) is 93.1 Å². The van der Waals surface area contributed by atoms with Gasteiger partial charge in [0.1, 0.15) is 17.3 Å². The second kappa shape index (κ2) is 18.3. The molecule has 0 fully saturated rings. The first-order chi connectivity index (χ1) is 37.1. The molecule has 356 valence electrons. The van der Waals surface area contributed by atoms with Gasteiger partial charge in [0.15, 0.2) is 0 Å². The lowest BCUT2D eigenvalue weighted by Gasteiger charge is -2.27. The van der Waals surface area contributed by atoms with Gasteiger partial charge in [-0.05, 0) is 127 Å². The fourth-order valence-corrected chi connectivity index (χ4v) is 9.73. The molecule has 0 aliphatic rings. The summed E-state index contributed by atoms with van der Waals surface area (Å²) in [6.07, 6.45) is 5.51. The molecule has 8 aromatic carbocycles. The third-order valence-electron chi connectivity index (χ3n) is 14.0. The molecule has 3 aromatic heterocycles. The summed E-state index contributed by atoms with van der Waals surface area (Å²) in [7, 11) is 0. The van der Waals surface area contributed by atoms with Gasteiger partial charge in [-0.15, -0.1) is 0 Å². The number of nitrogens with zero attached hydrogens (tertiary/aromatic N) is 4. The number of benzene rings is 8. The zero-order chi connectivity index (χ0) is 55.2. The first-order valence-corrected chi connectivity index (χ1v) is 24.8. The highest BCUT2D eigenvalue weighted by Gasteiger charge is 2.25. The molecule has 11 rings (SSSR count). The summed E-state index contributed by atoms with van der Waals surface area (Å²) in [4.78, 5) is 4.92. The predicted molar refractivity (Wildman–Crippen MR) is 299 cm³/mol. The van der Waals surface area contributed by atoms with Crippen molar-refractivity contribution in [3.8, 4) is 62.1 Å². The lowest BCUT2D eigenvalue weighted by atomic mass is 9.78. The van der Waals surface area contributed by atoms with Gasteiger partial charge in [-0.25, -0.2) is 4.98 Å². The minimum atomic E-state index is -0.831. The lowest BCUT2D eigenvalue weighted by molar-refractivity contribution is -0.571. The zero-order valence-electron chi connectivity index (χ0n) is 48.4. The predicted octanol–water partition coefficient (Wildman–Crippen LogP) is 17.3. The normalized spacial score (nSPS) is 14.2. The Morgan fingerprint density at radius 3 is 2.00 bits per heavy atom. The molecule has 11 aromatic rings. The molecule has 0 saturated heterocycles. The van der Waals surface area contributed by atoms with Crippen LogP contribution in [0.2, 0.25) is 0 Å². The summed E-state index contributed by atoms with van der Waals surface area (Å²) in [6, 6.07) is 53.6. The number of hydrogen-bond acceptors (Lipinski definition) is 2. The Morgan fingerprint density at radius 2 is 1.26 bits per heavy atom. The van der Waals surface area contributed by atoms with E-state index in [4.69, 9.17) is 13.8 Å². The molecule has 3 heterocycles. The summed E-state index contributed by atoms with van der Waals surface area (Å²) in [6.45, 7) is 19.3. The number of rotatable bonds is 10. The smallest absolute Gasteiger partial charge is 0.269 e. The molecule has 5 heteroatoms. The van der Waals surface area contributed by atoms with Crippen LogP contribution in [0.25, 0.3) is 83.4 Å². The number of para-hydroxylation sites is 3. The van der Waals surface area contributed by atoms with Crippen molar-refractivity contribution in [1.82, 2.24) is 14.1 Å². The lowest BCUT2D eigenvalue weighted by Crippen LogP contribution is -2.31. The fraction of sp³-hybridized carbons (Fsp3) is 0.194. The molecule has 0 aliphatic heterocycles. The van der Waals surface area contributed by atoms with Crippen LogP contribution >= 0.6 is 0 Å². The van der Waals surface area contributed by atoms with Gasteiger partial charge < -0.3 is 4.74 Å². The SMILES string of the molecule is [2H]c1c([2H])c([2H])c(-c2cccc(-c3cc(C(C)(C)C)cc(C(C)(C)C)c3)c2-[n+]2[c-]n(-c3cccc(Oc4ccc5c6cc(-c7ccccc7)ccc6n(-c6cc(C([2H])(C)C(C)C)ccn6)c5c4)c3)c3ccccc32)c([2H])c1[2H]. The Kier molecular flexibility index (Phi) is 10.1. The van der Waals surface area contributed by atoms with Crippen LogP contribution in [0, 0.1) is 12.2 Å². The number of imidazole rings is 1. The maximum Gasteiger partial charge on any atom is 0.269 e. The molecule has 0 saturated carbocycles. The molecular formula is C67H62N4O. The van der Waals surface area contributed by atoms with E-state index in [2.05, 4.69) is 139 Å². The van der Waals surface area contributed by atoms with E-state index in [0.717, 1.165) is 83.3 Å². The summed E-state index contributed by atoms with van der Waals surface area (Å²) in [5, 5.41) is 2.11. The van der Waals surface area contributed by atoms with Crippen molar-refractivity contribution in [3.05, 3.63) is 223 Å². The Balaban J connectivity index is 1.07. The summed E-state index contributed by atoms with van der Waals surface area (Å²) in [5.41, 5.74) is 12.3. The van der Waals surface area contributed by atoms with Crippen LogP contribution in [0.4, 0.5) is 0 Å². The van der Waals surface area contributed by atoms with Crippen LogP contribution in [-0.4, -0.2) is 14.1 Å². The van der Waals surface area contributed by atoms with E-state index in [-0.39, 0.29) is 34.4 Å². The molecule has 0 N–H and O–H groups in total. The Bertz CT molecular complexity index is 4100. The number of hydrogen-bond donors (Lipinski definition) is 0. The van der Waals surface area contributed by atoms with E-state index in [1.807, 2.05) is 107 Å². The third-order valence-corrected chi connectivity index (χ3v) is 14.0. The maximum absolute atomic E-state index is 9.30. The van der Waals surface area contributed by atoms with Crippen LogP contribution in [0.5, 0.6) is 11.5 Å². The van der Waals surface area contributed by atoms with E-state index < -0.39 is 24.0 Å². The van der Waals surface area contributed by atoms with Crippen molar-refractivity contribution in [2.24, 2.45) is 5.92 Å². The van der Waals surface area contributed by atoms with Gasteiger partial charge in [-0.1, -0.05) is 196 Å². The van der Waals surface area contributed by atoms with Crippen molar-refractivity contribution < 1.29 is 17.5 Å². The summed E-state index contributed by atoms with van der Waals surface area (Å²) >= 11 is 0. The van der Waals surface area contributed by atoms with Crippen molar-refractivity contribution in [1.29, 1.82) is 0 Å². The number of aromatic nitrogens is 4. The second-order valence-corrected chi connectivity index (χ2v) is 21.2. The van der Waals surface area contributed by atoms with Crippen LogP contribution in [0.15, 0.2) is 200 Å². The average Bonchev–Trinajstić information content (AvgIpc) is 4.17. The summed E-state index contributed by atoms with van der Waals surface area (Å²) in [5.74, 6) is 1.17. The van der Waals surface area contributed by atoms with Crippen LogP contribution in [0.3, 0.4) is 0 Å². The van der Waals surface area contributed by atoms with Gasteiger partial charge >= 0.3 is 0 Å². The standard InChI is InChI=1S/C67H62N4O/c1-44(2)45(3)48-34-35-68-64(39-48)71-60-33-30-49(46-20-12-10-13-21-46)38-59(60)58-32-31-55(42-63(58)71)72-54-25-18-24-53(41-54)69-43-70(62-29-17-16-28-61(62)69)65-56(47-22-14-11-15-23-47)26-19-27-57(65)50-36-51(66(4,5)6)40-52(37-50)67(7,8)9/h10-42,44-45H,1-9H3/i11D,14D,15D,22D,23D,45D. The molecule has 1 atom stereocenters. The van der Waals surface area contributed by atoms with Crippen LogP contribution < -0.4 is 9.30 Å². The van der Waals surface area contributed by atoms with E-state index in [0.29, 0.717) is 22.7 Å². The van der Waals surface area contributed by atoms with Gasteiger partial charge in [0.25, 0.3) is 6.33 Å². The third kappa shape index (κ3) is 8.68. The first-order valence-electron chi connectivity index (χ1n) is 27.8. The molecule has 72 heavy (non-hydrogen) atoms. The maximum atomic E-state index is 9.30. The number of fused-ring (bicyclic) bond motifs is 4. The first kappa shape index (κ1) is 39.7. The van der Waals surface area contributed by atoms with Gasteiger partial charge in [-0.3, -0.25) is 13.7 Å². The molecule has 1 unspecified atom stereocenters. The van der Waals surface area contributed by atoms with Crippen molar-refractivity contribution in [2.75, 3.05) is 0 Å². The molecule has 0 amide bonds. The topological polar surface area (TPSA) is 35.9 Å². The molecule has 0 spiro atoms. The highest BCUT2D eigenvalue weighted by Crippen LogP contribution is 2.41. The fourth-order valence-electron chi connectivity index (χ4n) is 9.73. The van der Waals surface area contributed by atoms with Gasteiger partial charge in [0.2, 0.25) is 0 Å². The number of ether oxygens (including phenoxy) is 1. The molecular weight excluding hydrogens is 877 g/mol. The molecule has 0 bridgehead atoms. The van der Waals surface area contributed by atoms with E-state index in [1.54, 1.807) is 6.20 Å². The summed E-state index contributed by atoms with van der Waals surface area (Å²) < 4.78 is 66.8. The van der Waals surface area contributed by atoms with Crippen LogP contribution in [-0.2, 0) is 10.8 Å². The number of pyridine rings is 1. The Morgan fingerprint density at radius 1 is 0.569 bits per heavy atom. The van der Waals surface area contributed by atoms with E-state index in [1.165, 1.54) is 0 Å². The quantitative estimate of drug-likeness (QED) is 0.101. The molecule has 0 aliphatic carbocycles. The van der Waals surface area contributed by atoms with Gasteiger partial charge in [0.05, 0.1) is 40.3 Å². The van der Waals surface area contributed by atoms with Gasteiger partial charge in [-0.2, -0.15) is 0 Å². The Hall–Kier alpha value is -8.02. The zero-order valence-corrected chi connectivity index (χ0v) is 42.4. The minimum absolute atomic E-state index is 0.0745. The highest BCUT2D eigenvalue weighted by atomic mass is 16.5. The van der Waals surface area contributed by atoms with Crippen molar-refractivity contribution in [3.63, 3.8) is 0 Å². The largest absolute Gasteiger partial charge is 0.458 e. The Labute approximate surface area is 433 Å².